The molecule has 2 atom stereocenters. The zero-order chi connectivity index (χ0) is 19.0. The Morgan fingerprint density at radius 3 is 2.74 bits per heavy atom. The molecule has 27 heavy (non-hydrogen) atoms. The van der Waals surface area contributed by atoms with Gasteiger partial charge in [-0.15, -0.1) is 0 Å². The Balaban J connectivity index is 1.76. The third-order valence-corrected chi connectivity index (χ3v) is 4.90. The van der Waals surface area contributed by atoms with Crippen LogP contribution in [-0.2, 0) is 9.53 Å². The first-order chi connectivity index (χ1) is 13.1. The molecule has 0 saturated carbocycles. The molecule has 1 saturated heterocycles. The molecule has 0 bridgehead atoms. The second kappa shape index (κ2) is 6.92. The van der Waals surface area contributed by atoms with Gasteiger partial charge in [0.1, 0.15) is 5.75 Å². The number of aromatic hydroxyl groups is 1. The number of phenols is 1. The molecule has 0 radical (unpaired) electrons. The molecular weight excluding hydrogens is 350 g/mol. The molecule has 1 amide bonds. The van der Waals surface area contributed by atoms with E-state index in [1.807, 2.05) is 0 Å². The summed E-state index contributed by atoms with van der Waals surface area (Å²) in [6.45, 7) is 0.874. The van der Waals surface area contributed by atoms with Crippen LogP contribution in [0.15, 0.2) is 58.4 Å². The van der Waals surface area contributed by atoms with Crippen molar-refractivity contribution in [2.24, 2.45) is 0 Å². The molecule has 1 aromatic heterocycles. The van der Waals surface area contributed by atoms with Gasteiger partial charge in [0.25, 0.3) is 5.91 Å². The number of ether oxygens (including phenoxy) is 1. The number of hydrogen-bond acceptors (Lipinski definition) is 6. The number of rotatable bonds is 5. The van der Waals surface area contributed by atoms with E-state index in [4.69, 9.17) is 9.15 Å². The van der Waals surface area contributed by atoms with Crippen LogP contribution in [-0.4, -0.2) is 46.1 Å². The van der Waals surface area contributed by atoms with Crippen molar-refractivity contribution in [1.29, 1.82) is 0 Å². The number of furan rings is 1. The number of aliphatic hydroxyl groups is 1. The molecule has 140 valence electrons. The third kappa shape index (κ3) is 3.10. The van der Waals surface area contributed by atoms with Crippen molar-refractivity contribution in [3.05, 3.63) is 65.3 Å². The SMILES string of the molecule is O=C(C1=C(O)C(=O)N(C[C@H]2CCCO2)[C@@H]1c1cccc(O)c1)c1ccco1. The minimum atomic E-state index is -0.827. The zero-order valence-corrected chi connectivity index (χ0v) is 14.5. The molecule has 0 aliphatic carbocycles. The Morgan fingerprint density at radius 2 is 2.07 bits per heavy atom. The minimum absolute atomic E-state index is 0.00760. The lowest BCUT2D eigenvalue weighted by atomic mass is 9.94. The maximum absolute atomic E-state index is 12.9. The molecule has 2 aliphatic heterocycles. The predicted molar refractivity (Wildman–Crippen MR) is 94.2 cm³/mol. The third-order valence-electron chi connectivity index (χ3n) is 4.90. The van der Waals surface area contributed by atoms with Gasteiger partial charge >= 0.3 is 0 Å². The quantitative estimate of drug-likeness (QED) is 0.786. The number of nitrogens with zero attached hydrogens (tertiary/aromatic N) is 1. The lowest BCUT2D eigenvalue weighted by Gasteiger charge is -2.28. The lowest BCUT2D eigenvalue weighted by Crippen LogP contribution is -2.37. The van der Waals surface area contributed by atoms with Gasteiger partial charge in [0, 0.05) is 13.2 Å². The van der Waals surface area contributed by atoms with Crippen LogP contribution in [0.5, 0.6) is 5.75 Å². The first-order valence-electron chi connectivity index (χ1n) is 8.79. The molecular formula is C20H19NO6. The van der Waals surface area contributed by atoms with Crippen molar-refractivity contribution < 1.29 is 29.0 Å². The topological polar surface area (TPSA) is 100 Å². The molecule has 0 spiro atoms. The summed E-state index contributed by atoms with van der Waals surface area (Å²) in [7, 11) is 0. The maximum Gasteiger partial charge on any atom is 0.290 e. The fraction of sp³-hybridized carbons (Fsp3) is 0.300. The highest BCUT2D eigenvalue weighted by Crippen LogP contribution is 2.40. The molecule has 4 rings (SSSR count). The van der Waals surface area contributed by atoms with Crippen molar-refractivity contribution in [3.63, 3.8) is 0 Å². The van der Waals surface area contributed by atoms with E-state index in [0.29, 0.717) is 12.2 Å². The Morgan fingerprint density at radius 1 is 1.22 bits per heavy atom. The summed E-state index contributed by atoms with van der Waals surface area (Å²) < 4.78 is 10.8. The van der Waals surface area contributed by atoms with E-state index in [9.17, 15) is 19.8 Å². The number of carbonyl (C=O) groups excluding carboxylic acids is 2. The second-order valence-corrected chi connectivity index (χ2v) is 6.66. The number of aliphatic hydroxyl groups excluding tert-OH is 1. The van der Waals surface area contributed by atoms with Crippen LogP contribution in [0.4, 0.5) is 0 Å². The standard InChI is InChI=1S/C20H19NO6/c22-13-5-1-4-12(10-13)17-16(18(23)15-7-3-9-27-15)19(24)20(25)21(17)11-14-6-2-8-26-14/h1,3-5,7,9-10,14,17,22,24H,2,6,8,11H2/t14-,17-/m1/s1. The Labute approximate surface area is 155 Å². The van der Waals surface area contributed by atoms with Gasteiger partial charge in [-0.05, 0) is 42.7 Å². The Kier molecular flexibility index (Phi) is 4.45. The molecule has 1 aromatic carbocycles. The fourth-order valence-corrected chi connectivity index (χ4v) is 3.66. The van der Waals surface area contributed by atoms with E-state index in [1.54, 1.807) is 18.2 Å². The first kappa shape index (κ1) is 17.4. The summed E-state index contributed by atoms with van der Waals surface area (Å²) in [5.41, 5.74) is 0.471. The van der Waals surface area contributed by atoms with Gasteiger partial charge in [0.2, 0.25) is 5.78 Å². The number of hydrogen-bond donors (Lipinski definition) is 2. The van der Waals surface area contributed by atoms with Crippen LogP contribution in [0, 0.1) is 0 Å². The van der Waals surface area contributed by atoms with Gasteiger partial charge < -0.3 is 24.3 Å². The highest BCUT2D eigenvalue weighted by Gasteiger charge is 2.45. The molecule has 1 fully saturated rings. The number of amides is 1. The van der Waals surface area contributed by atoms with Crippen LogP contribution >= 0.6 is 0 Å². The van der Waals surface area contributed by atoms with E-state index in [-0.39, 0.29) is 29.7 Å². The molecule has 7 nitrogen and oxygen atoms in total. The monoisotopic (exact) mass is 369 g/mol. The van der Waals surface area contributed by atoms with E-state index in [1.165, 1.54) is 29.4 Å². The number of ketones is 1. The Bertz CT molecular complexity index is 895. The van der Waals surface area contributed by atoms with Gasteiger partial charge in [-0.2, -0.15) is 0 Å². The van der Waals surface area contributed by atoms with Crippen molar-refractivity contribution in [1.82, 2.24) is 4.90 Å². The molecule has 7 heteroatoms. The van der Waals surface area contributed by atoms with Crippen LogP contribution in [0.25, 0.3) is 0 Å². The first-order valence-corrected chi connectivity index (χ1v) is 8.79. The molecule has 2 N–H and O–H groups in total. The summed E-state index contributed by atoms with van der Waals surface area (Å²) in [5, 5.41) is 20.4. The summed E-state index contributed by atoms with van der Waals surface area (Å²) in [6.07, 6.45) is 2.91. The average Bonchev–Trinajstić information content (AvgIpc) is 3.40. The summed E-state index contributed by atoms with van der Waals surface area (Å²) in [4.78, 5) is 27.1. The second-order valence-electron chi connectivity index (χ2n) is 6.66. The largest absolute Gasteiger partial charge is 0.508 e. The molecule has 2 aliphatic rings. The number of Topliss-reactive ketones (excluding diaryl/α,β-unsaturated/α-hetero) is 1. The fourth-order valence-electron chi connectivity index (χ4n) is 3.66. The van der Waals surface area contributed by atoms with Crippen molar-refractivity contribution in [2.45, 2.75) is 25.0 Å². The van der Waals surface area contributed by atoms with Gasteiger partial charge in [0.15, 0.2) is 11.5 Å². The van der Waals surface area contributed by atoms with E-state index in [0.717, 1.165) is 12.8 Å². The minimum Gasteiger partial charge on any atom is -0.508 e. The van der Waals surface area contributed by atoms with Crippen molar-refractivity contribution in [2.75, 3.05) is 13.2 Å². The molecule has 2 aromatic rings. The lowest BCUT2D eigenvalue weighted by molar-refractivity contribution is -0.131. The normalized spacial score (nSPS) is 22.7. The smallest absolute Gasteiger partial charge is 0.290 e. The van der Waals surface area contributed by atoms with Crippen LogP contribution < -0.4 is 0 Å². The van der Waals surface area contributed by atoms with Gasteiger partial charge in [-0.25, -0.2) is 0 Å². The summed E-state index contributed by atoms with van der Waals surface area (Å²) in [6, 6.07) is 8.53. The van der Waals surface area contributed by atoms with Gasteiger partial charge in [-0.1, -0.05) is 12.1 Å². The van der Waals surface area contributed by atoms with E-state index in [2.05, 4.69) is 0 Å². The zero-order valence-electron chi connectivity index (χ0n) is 14.5. The van der Waals surface area contributed by atoms with E-state index < -0.39 is 23.5 Å². The summed E-state index contributed by atoms with van der Waals surface area (Å²) in [5.74, 6) is -1.74. The van der Waals surface area contributed by atoms with Crippen LogP contribution in [0.2, 0.25) is 0 Å². The van der Waals surface area contributed by atoms with Crippen LogP contribution in [0.1, 0.15) is 35.0 Å². The predicted octanol–water partition coefficient (Wildman–Crippen LogP) is 2.74. The summed E-state index contributed by atoms with van der Waals surface area (Å²) >= 11 is 0. The number of carbonyl (C=O) groups is 2. The van der Waals surface area contributed by atoms with Gasteiger partial charge in [-0.3, -0.25) is 9.59 Å². The Hall–Kier alpha value is -3.06. The van der Waals surface area contributed by atoms with Crippen molar-refractivity contribution in [3.8, 4) is 5.75 Å². The number of benzene rings is 1. The van der Waals surface area contributed by atoms with E-state index >= 15 is 0 Å². The van der Waals surface area contributed by atoms with Crippen LogP contribution in [0.3, 0.4) is 0 Å². The van der Waals surface area contributed by atoms with Crippen molar-refractivity contribution >= 4 is 11.7 Å². The molecule has 3 heterocycles. The highest BCUT2D eigenvalue weighted by molar-refractivity contribution is 6.15. The molecule has 0 unspecified atom stereocenters. The number of phenolic OH excluding ortho intramolecular Hbond substituents is 1. The maximum atomic E-state index is 12.9. The average molecular weight is 369 g/mol. The highest BCUT2D eigenvalue weighted by atomic mass is 16.5. The van der Waals surface area contributed by atoms with Gasteiger partial charge in [0.05, 0.1) is 24.0 Å².